The van der Waals surface area contributed by atoms with E-state index in [1.54, 1.807) is 0 Å². The molecule has 0 unspecified atom stereocenters. The predicted octanol–water partition coefficient (Wildman–Crippen LogP) is 4.55. The van der Waals surface area contributed by atoms with Gasteiger partial charge in [-0.1, -0.05) is 34.7 Å². The molecule has 8 heteroatoms. The van der Waals surface area contributed by atoms with E-state index in [-0.39, 0.29) is 29.1 Å². The number of hydrogen-bond acceptors (Lipinski definition) is 6. The fraction of sp³-hybridized carbons (Fsp3) is 0.462. The molecule has 2 fully saturated rings. The summed E-state index contributed by atoms with van der Waals surface area (Å²) in [7, 11) is 0. The minimum atomic E-state index is 0.101. The number of allylic oxidation sites excluding steroid dienone is 1. The van der Waals surface area contributed by atoms with Crippen molar-refractivity contribution in [3.05, 3.63) is 66.1 Å². The molecule has 34 heavy (non-hydrogen) atoms. The number of amides is 1. The van der Waals surface area contributed by atoms with E-state index in [1.165, 1.54) is 22.9 Å². The summed E-state index contributed by atoms with van der Waals surface area (Å²) >= 11 is 1.47. The van der Waals surface area contributed by atoms with Gasteiger partial charge in [0.25, 0.3) is 5.24 Å². The summed E-state index contributed by atoms with van der Waals surface area (Å²) in [6, 6.07) is 8.60. The zero-order valence-electron chi connectivity index (χ0n) is 19.5. The number of hydrogen-bond donors (Lipinski definition) is 1. The molecule has 0 radical (unpaired) electrons. The van der Waals surface area contributed by atoms with Crippen molar-refractivity contribution in [3.63, 3.8) is 0 Å². The van der Waals surface area contributed by atoms with Crippen LogP contribution in [0.25, 0.3) is 10.9 Å². The maximum absolute atomic E-state index is 12.9. The SMILES string of the molecule is C=C[C@@H](Cn1cc(CCCO)nn1)[C@H]1CCN2C(=O)S[C@@H](c3ccnc4ccc(C)cc34)[C@@H]2C1. The normalized spacial score (nSPS) is 23.3. The average Bonchev–Trinajstić information content (AvgIpc) is 3.44. The molecule has 5 rings (SSSR count). The maximum atomic E-state index is 12.9. The molecule has 0 saturated carbocycles. The Bertz CT molecular complexity index is 1190. The van der Waals surface area contributed by atoms with Crippen LogP contribution in [0.1, 0.15) is 41.3 Å². The summed E-state index contributed by atoms with van der Waals surface area (Å²) in [5.41, 5.74) is 4.30. The third-order valence-electron chi connectivity index (χ3n) is 7.22. The van der Waals surface area contributed by atoms with Crippen LogP contribution in [0.2, 0.25) is 0 Å². The van der Waals surface area contributed by atoms with Crippen LogP contribution >= 0.6 is 11.8 Å². The minimum absolute atomic E-state index is 0.101. The zero-order chi connectivity index (χ0) is 23.7. The summed E-state index contributed by atoms with van der Waals surface area (Å²) in [5.74, 6) is 0.681. The molecule has 0 bridgehead atoms. The average molecular weight is 478 g/mol. The van der Waals surface area contributed by atoms with Gasteiger partial charge in [-0.05, 0) is 68.2 Å². The molecule has 4 heterocycles. The lowest BCUT2D eigenvalue weighted by Crippen LogP contribution is -2.43. The number of aliphatic hydroxyl groups is 1. The molecule has 0 spiro atoms. The number of carbonyl (C=O) groups excluding carboxylic acids is 1. The van der Waals surface area contributed by atoms with Gasteiger partial charge in [0.1, 0.15) is 0 Å². The Morgan fingerprint density at radius 1 is 1.35 bits per heavy atom. The van der Waals surface area contributed by atoms with Gasteiger partial charge in [-0.25, -0.2) is 0 Å². The van der Waals surface area contributed by atoms with Crippen LogP contribution in [0, 0.1) is 18.8 Å². The Hall–Kier alpha value is -2.71. The largest absolute Gasteiger partial charge is 0.396 e. The second kappa shape index (κ2) is 9.88. The van der Waals surface area contributed by atoms with E-state index < -0.39 is 0 Å². The Kier molecular flexibility index (Phi) is 6.70. The van der Waals surface area contributed by atoms with Crippen LogP contribution in [-0.4, -0.2) is 54.4 Å². The molecule has 2 aliphatic heterocycles. The first-order chi connectivity index (χ1) is 16.6. The highest BCUT2D eigenvalue weighted by molar-refractivity contribution is 8.14. The minimum Gasteiger partial charge on any atom is -0.396 e. The maximum Gasteiger partial charge on any atom is 0.282 e. The van der Waals surface area contributed by atoms with Crippen LogP contribution < -0.4 is 0 Å². The van der Waals surface area contributed by atoms with Gasteiger partial charge >= 0.3 is 0 Å². The Labute approximate surface area is 204 Å². The van der Waals surface area contributed by atoms with E-state index >= 15 is 0 Å². The van der Waals surface area contributed by atoms with Crippen molar-refractivity contribution in [3.8, 4) is 0 Å². The van der Waals surface area contributed by atoms with E-state index in [0.717, 1.165) is 48.9 Å². The summed E-state index contributed by atoms with van der Waals surface area (Å²) in [5, 5.41) is 19.0. The van der Waals surface area contributed by atoms with Gasteiger partial charge in [0, 0.05) is 43.5 Å². The van der Waals surface area contributed by atoms with Crippen molar-refractivity contribution in [2.24, 2.45) is 11.8 Å². The number of carbonyl (C=O) groups is 1. The van der Waals surface area contributed by atoms with Crippen LogP contribution in [0.5, 0.6) is 0 Å². The number of aromatic nitrogens is 4. The van der Waals surface area contributed by atoms with Crippen LogP contribution in [-0.2, 0) is 13.0 Å². The molecular weight excluding hydrogens is 446 g/mol. The number of rotatable bonds is 8. The number of fused-ring (bicyclic) bond motifs is 2. The number of thioether (sulfide) groups is 1. The third kappa shape index (κ3) is 4.49. The topological polar surface area (TPSA) is 84.1 Å². The van der Waals surface area contributed by atoms with Crippen molar-refractivity contribution < 1.29 is 9.90 Å². The van der Waals surface area contributed by atoms with Crippen molar-refractivity contribution >= 4 is 27.9 Å². The zero-order valence-corrected chi connectivity index (χ0v) is 20.3. The number of aliphatic hydroxyl groups excluding tert-OH is 1. The summed E-state index contributed by atoms with van der Waals surface area (Å²) in [4.78, 5) is 19.6. The number of piperidine rings is 1. The molecule has 4 atom stereocenters. The Balaban J connectivity index is 1.36. The van der Waals surface area contributed by atoms with Crippen molar-refractivity contribution in [2.45, 2.75) is 50.4 Å². The predicted molar refractivity (Wildman–Crippen MR) is 135 cm³/mol. The van der Waals surface area contributed by atoms with Gasteiger partial charge in [0.05, 0.1) is 16.5 Å². The molecule has 2 saturated heterocycles. The highest BCUT2D eigenvalue weighted by atomic mass is 32.2. The van der Waals surface area contributed by atoms with E-state index in [2.05, 4.69) is 58.0 Å². The van der Waals surface area contributed by atoms with Gasteiger partial charge in [0.15, 0.2) is 0 Å². The van der Waals surface area contributed by atoms with Gasteiger partial charge < -0.3 is 10.0 Å². The molecule has 3 aromatic rings. The van der Waals surface area contributed by atoms with E-state index in [1.807, 2.05) is 23.2 Å². The second-order valence-electron chi connectivity index (χ2n) is 9.43. The molecule has 1 N–H and O–H groups in total. The third-order valence-corrected chi connectivity index (χ3v) is 8.48. The Morgan fingerprint density at radius 3 is 3.06 bits per heavy atom. The van der Waals surface area contributed by atoms with Gasteiger partial charge in [-0.2, -0.15) is 0 Å². The van der Waals surface area contributed by atoms with E-state index in [4.69, 9.17) is 5.11 Å². The molecule has 7 nitrogen and oxygen atoms in total. The van der Waals surface area contributed by atoms with Crippen LogP contribution in [0.15, 0.2) is 49.3 Å². The second-order valence-corrected chi connectivity index (χ2v) is 10.5. The van der Waals surface area contributed by atoms with Crippen molar-refractivity contribution in [1.29, 1.82) is 0 Å². The van der Waals surface area contributed by atoms with Crippen LogP contribution in [0.4, 0.5) is 4.79 Å². The van der Waals surface area contributed by atoms with Gasteiger partial charge in [-0.15, -0.1) is 11.7 Å². The number of aryl methyl sites for hydroxylation is 2. The number of benzene rings is 1. The monoisotopic (exact) mass is 477 g/mol. The smallest absolute Gasteiger partial charge is 0.282 e. The molecule has 0 aliphatic carbocycles. The molecule has 1 amide bonds. The first kappa shape index (κ1) is 23.1. The number of nitrogens with zero attached hydrogens (tertiary/aromatic N) is 5. The van der Waals surface area contributed by atoms with E-state index in [0.29, 0.717) is 12.3 Å². The highest BCUT2D eigenvalue weighted by Crippen LogP contribution is 2.50. The highest BCUT2D eigenvalue weighted by Gasteiger charge is 2.46. The van der Waals surface area contributed by atoms with Crippen LogP contribution in [0.3, 0.4) is 0 Å². The molecule has 2 aliphatic rings. The Morgan fingerprint density at radius 2 is 2.24 bits per heavy atom. The van der Waals surface area contributed by atoms with Gasteiger partial charge in [-0.3, -0.25) is 14.5 Å². The fourth-order valence-corrected chi connectivity index (χ4v) is 6.75. The lowest BCUT2D eigenvalue weighted by atomic mass is 9.79. The molecule has 178 valence electrons. The van der Waals surface area contributed by atoms with Crippen molar-refractivity contribution in [1.82, 2.24) is 24.9 Å². The van der Waals surface area contributed by atoms with E-state index in [9.17, 15) is 4.79 Å². The first-order valence-corrected chi connectivity index (χ1v) is 12.9. The summed E-state index contributed by atoms with van der Waals surface area (Å²) in [6.45, 7) is 7.90. The standard InChI is InChI=1S/C26H31N5O2S/c1-3-18(15-30-16-20(28-29-30)5-4-12-32)19-9-11-31-24(14-19)25(34-26(31)33)21-8-10-27-23-7-6-17(2)13-22(21)23/h3,6-8,10,13,16,18-19,24-25,32H,1,4-5,9,11-12,14-15H2,2H3/t18-,19-,24-,25-/m0/s1. The fourth-order valence-electron chi connectivity index (χ4n) is 5.42. The summed E-state index contributed by atoms with van der Waals surface area (Å²) in [6.07, 6.45) is 9.23. The lowest BCUT2D eigenvalue weighted by Gasteiger charge is -2.39. The van der Waals surface area contributed by atoms with Crippen molar-refractivity contribution in [2.75, 3.05) is 13.2 Å². The lowest BCUT2D eigenvalue weighted by molar-refractivity contribution is 0.129. The molecular formula is C26H31N5O2S. The summed E-state index contributed by atoms with van der Waals surface area (Å²) < 4.78 is 1.90. The number of pyridine rings is 1. The molecule has 1 aromatic carbocycles. The van der Waals surface area contributed by atoms with Gasteiger partial charge in [0.2, 0.25) is 0 Å². The quantitative estimate of drug-likeness (QED) is 0.479. The molecule has 2 aromatic heterocycles. The first-order valence-electron chi connectivity index (χ1n) is 12.0.